The minimum Gasteiger partial charge on any atom is -0.870 e. The third-order valence-corrected chi connectivity index (χ3v) is 11.4. The first kappa shape index (κ1) is 41.5. The minimum absolute atomic E-state index is 0. The average molecular weight is 814 g/mol. The number of aromatic amines is 1. The Labute approximate surface area is 342 Å². The van der Waals surface area contributed by atoms with Gasteiger partial charge in [-0.1, -0.05) is 83.9 Å². The van der Waals surface area contributed by atoms with E-state index in [0.29, 0.717) is 49.9 Å². The Bertz CT molecular complexity index is 2120. The van der Waals surface area contributed by atoms with Gasteiger partial charge in [0.2, 0.25) is 0 Å². The number of fused-ring (bicyclic) bond motifs is 3. The summed E-state index contributed by atoms with van der Waals surface area (Å²) in [5.41, 5.74) is 4.42. The molecular formula is C45H46Cl2N2O8. The molecule has 0 amide bonds. The molecule has 2 N–H and O–H groups in total. The molecule has 0 saturated carbocycles. The van der Waals surface area contributed by atoms with Crippen LogP contribution in [-0.4, -0.2) is 62.3 Å². The summed E-state index contributed by atoms with van der Waals surface area (Å²) in [5.74, 6) is 1.21. The summed E-state index contributed by atoms with van der Waals surface area (Å²) < 4.78 is 29.5. The van der Waals surface area contributed by atoms with Gasteiger partial charge in [0, 0.05) is 24.4 Å². The average Bonchev–Trinajstić information content (AvgIpc) is 3.23. The number of ether oxygens (including phenoxy) is 5. The molecule has 0 unspecified atom stereocenters. The van der Waals surface area contributed by atoms with Gasteiger partial charge in [0.1, 0.15) is 34.6 Å². The number of H-pyrrole nitrogens is 1. The molecule has 4 heterocycles. The summed E-state index contributed by atoms with van der Waals surface area (Å²) >= 11 is 13.0. The van der Waals surface area contributed by atoms with Crippen LogP contribution >= 0.6 is 23.2 Å². The number of benzene rings is 4. The third kappa shape index (κ3) is 10.3. The Balaban J connectivity index is 0.00000549. The summed E-state index contributed by atoms with van der Waals surface area (Å²) in [6.07, 6.45) is 5.08. The van der Waals surface area contributed by atoms with Crippen molar-refractivity contribution in [2.45, 2.75) is 50.4 Å². The number of hydrogen-bond donors (Lipinski definition) is 0. The molecule has 5 aromatic rings. The molecule has 3 aliphatic rings. The predicted molar refractivity (Wildman–Crippen MR) is 216 cm³/mol. The van der Waals surface area contributed by atoms with E-state index >= 15 is 0 Å². The zero-order valence-corrected chi connectivity index (χ0v) is 33.4. The van der Waals surface area contributed by atoms with Crippen LogP contribution in [0.1, 0.15) is 69.5 Å². The van der Waals surface area contributed by atoms with Gasteiger partial charge in [-0.25, -0.2) is 9.78 Å². The lowest BCUT2D eigenvalue weighted by molar-refractivity contribution is -0.377. The fraction of sp³-hybridized carbons (Fsp3) is 0.311. The highest BCUT2D eigenvalue weighted by Crippen LogP contribution is 2.36. The molecule has 298 valence electrons. The van der Waals surface area contributed by atoms with Gasteiger partial charge in [-0.05, 0) is 90.5 Å². The van der Waals surface area contributed by atoms with E-state index in [9.17, 15) is 9.59 Å². The number of carbonyl (C=O) groups excluding carboxylic acids is 2. The number of nitrogens with one attached hydrogen (secondary N) is 1. The highest BCUT2D eigenvalue weighted by molar-refractivity contribution is 6.35. The normalized spacial score (nSPS) is 18.1. The second-order valence-corrected chi connectivity index (χ2v) is 15.1. The Hall–Kier alpha value is -5.13. The van der Waals surface area contributed by atoms with Gasteiger partial charge in [0.05, 0.1) is 26.2 Å². The van der Waals surface area contributed by atoms with Crippen molar-refractivity contribution in [3.8, 4) is 17.2 Å². The molecule has 3 fully saturated rings. The number of nitrogens with zero attached hydrogens (tertiary/aromatic N) is 1. The van der Waals surface area contributed by atoms with E-state index in [1.165, 1.54) is 0 Å². The molecule has 3 saturated heterocycles. The van der Waals surface area contributed by atoms with Crippen molar-refractivity contribution >= 4 is 35.1 Å². The number of carbonyl (C=O) groups is 2. The standard InChI is InChI=1S/C45H44Cl2N2O7.H2O/c1-52-40-15-14-33(22-42(40)53-2)41(23-37-38(46)25-48-26-39(37)47)56-45(51)34-12-6-8-29(20-34)28-54-35-13-7-11-32(21-35)36(30-9-4-3-5-10-30)24-44(50)55-43-27-49-18-16-31(43)17-19-49;/h3-15,20-22,25-26,31,36,41,43H,16-19,23-24,27-28H2,1-2H3;1H2/t36-,41-,43-;/m0./s1. The van der Waals surface area contributed by atoms with Crippen molar-refractivity contribution in [1.82, 2.24) is 4.90 Å². The zero-order valence-electron chi connectivity index (χ0n) is 31.9. The highest BCUT2D eigenvalue weighted by atomic mass is 35.5. The van der Waals surface area contributed by atoms with Crippen LogP contribution in [0.15, 0.2) is 109 Å². The molecule has 10 nitrogen and oxygen atoms in total. The second-order valence-electron chi connectivity index (χ2n) is 14.2. The first-order valence-electron chi connectivity index (χ1n) is 18.8. The Morgan fingerprint density at radius 2 is 1.53 bits per heavy atom. The van der Waals surface area contributed by atoms with Gasteiger partial charge >= 0.3 is 11.9 Å². The lowest BCUT2D eigenvalue weighted by Crippen LogP contribution is -2.52. The van der Waals surface area contributed by atoms with E-state index in [2.05, 4.69) is 9.88 Å². The van der Waals surface area contributed by atoms with Gasteiger partial charge in [0.15, 0.2) is 23.9 Å². The van der Waals surface area contributed by atoms with Gasteiger partial charge in [-0.3, -0.25) is 9.69 Å². The van der Waals surface area contributed by atoms with Crippen molar-refractivity contribution in [2.75, 3.05) is 33.9 Å². The maximum Gasteiger partial charge on any atom is 0.338 e. The minimum atomic E-state index is -0.757. The van der Waals surface area contributed by atoms with Crippen molar-refractivity contribution in [3.63, 3.8) is 0 Å². The maximum absolute atomic E-state index is 13.8. The number of hydrogen-bond acceptors (Lipinski definition) is 9. The molecule has 2 bridgehead atoms. The number of esters is 2. The Morgan fingerprint density at radius 3 is 2.23 bits per heavy atom. The first-order valence-corrected chi connectivity index (χ1v) is 19.6. The van der Waals surface area contributed by atoms with Crippen LogP contribution in [0.4, 0.5) is 0 Å². The maximum atomic E-state index is 13.8. The van der Waals surface area contributed by atoms with Crippen LogP contribution in [0.2, 0.25) is 10.0 Å². The van der Waals surface area contributed by atoms with Crippen LogP contribution in [0.5, 0.6) is 17.2 Å². The molecule has 1 aromatic heterocycles. The number of methoxy groups -OCH3 is 2. The number of rotatable bonds is 15. The molecule has 0 radical (unpaired) electrons. The molecule has 0 aliphatic carbocycles. The first-order chi connectivity index (χ1) is 27.3. The number of piperidine rings is 3. The van der Waals surface area contributed by atoms with Crippen molar-refractivity contribution in [3.05, 3.63) is 153 Å². The Morgan fingerprint density at radius 1 is 0.807 bits per heavy atom. The number of aromatic nitrogens is 1. The summed E-state index contributed by atoms with van der Waals surface area (Å²) in [6.45, 7) is 3.20. The molecule has 3 aliphatic heterocycles. The van der Waals surface area contributed by atoms with Crippen molar-refractivity contribution in [2.24, 2.45) is 5.92 Å². The van der Waals surface area contributed by atoms with Crippen LogP contribution in [0.3, 0.4) is 0 Å². The quantitative estimate of drug-likeness (QED) is 0.0956. The summed E-state index contributed by atoms with van der Waals surface area (Å²) in [4.78, 5) is 32.5. The van der Waals surface area contributed by atoms with Gasteiger partial charge < -0.3 is 29.2 Å². The van der Waals surface area contributed by atoms with Crippen molar-refractivity contribution in [1.29, 1.82) is 0 Å². The molecule has 3 atom stereocenters. The third-order valence-electron chi connectivity index (χ3n) is 10.7. The zero-order chi connectivity index (χ0) is 39.0. The van der Waals surface area contributed by atoms with Gasteiger partial charge in [-0.2, -0.15) is 0 Å². The summed E-state index contributed by atoms with van der Waals surface area (Å²) in [5, 5.41) is 0.837. The molecule has 57 heavy (non-hydrogen) atoms. The van der Waals surface area contributed by atoms with Crippen LogP contribution in [0, 0.1) is 5.92 Å². The predicted octanol–water partition coefficient (Wildman–Crippen LogP) is 8.53. The van der Waals surface area contributed by atoms with E-state index in [0.717, 1.165) is 49.2 Å². The largest absolute Gasteiger partial charge is 0.870 e. The molecule has 12 heteroatoms. The fourth-order valence-corrected chi connectivity index (χ4v) is 8.18. The van der Waals surface area contributed by atoms with E-state index in [-0.39, 0.29) is 42.9 Å². The van der Waals surface area contributed by atoms with E-state index in [1.54, 1.807) is 56.9 Å². The molecule has 8 rings (SSSR count). The van der Waals surface area contributed by atoms with E-state index in [4.69, 9.17) is 46.9 Å². The smallest absolute Gasteiger partial charge is 0.338 e. The molecular weight excluding hydrogens is 767 g/mol. The lowest BCUT2D eigenvalue weighted by atomic mass is 9.85. The molecule has 0 spiro atoms. The second kappa shape index (κ2) is 19.3. The van der Waals surface area contributed by atoms with Crippen molar-refractivity contribution < 1.29 is 43.7 Å². The highest BCUT2D eigenvalue weighted by Gasteiger charge is 2.37. The van der Waals surface area contributed by atoms with E-state index in [1.807, 2.05) is 66.7 Å². The topological polar surface area (TPSA) is 128 Å². The summed E-state index contributed by atoms with van der Waals surface area (Å²) in [7, 11) is 3.10. The number of pyridine rings is 1. The lowest BCUT2D eigenvalue weighted by Gasteiger charge is -2.44. The van der Waals surface area contributed by atoms with E-state index < -0.39 is 12.1 Å². The van der Waals surface area contributed by atoms with Gasteiger partial charge in [-0.15, -0.1) is 0 Å². The fourth-order valence-electron chi connectivity index (χ4n) is 7.65. The number of halogens is 2. The van der Waals surface area contributed by atoms with Crippen LogP contribution in [0.25, 0.3) is 0 Å². The Kier molecular flexibility index (Phi) is 14.1. The molecule has 4 aromatic carbocycles. The summed E-state index contributed by atoms with van der Waals surface area (Å²) in [6, 6.07) is 30.3. The SMILES string of the molecule is COc1ccc([C@H](Cc2c(Cl)c[nH+]cc2Cl)OC(=O)c2cccc(COc3cccc([C@@H](CC(=O)O[C@H]4CN5CCC4CC5)c4ccccc4)c3)c2)cc1OC.[OH-]. The van der Waals surface area contributed by atoms with Crippen LogP contribution in [-0.2, 0) is 27.3 Å². The van der Waals surface area contributed by atoms with Crippen LogP contribution < -0.4 is 19.2 Å². The monoisotopic (exact) mass is 812 g/mol. The van der Waals surface area contributed by atoms with Gasteiger partial charge in [0.25, 0.3) is 0 Å².